The molecule has 0 heterocycles. The van der Waals surface area contributed by atoms with Gasteiger partial charge in [0.1, 0.15) is 0 Å². The van der Waals surface area contributed by atoms with E-state index in [0.717, 1.165) is 24.8 Å². The van der Waals surface area contributed by atoms with Crippen molar-refractivity contribution < 1.29 is 9.59 Å². The quantitative estimate of drug-likeness (QED) is 0.880. The standard InChI is InChI=1S/C21H24N2O2/c1-15-7-2-4-10-17(15)21(25)22-14-13-20(24)23-19-12-6-9-16-8-3-5-11-18(16)19/h2-5,7-8,10-11,19H,6,9,12-14H2,1H3,(H,22,25)(H,23,24)/t19-/m0/s1. The first-order chi connectivity index (χ1) is 12.1. The Bertz CT molecular complexity index is 770. The van der Waals surface area contributed by atoms with E-state index < -0.39 is 0 Å². The highest BCUT2D eigenvalue weighted by Gasteiger charge is 2.21. The molecule has 4 nitrogen and oxygen atoms in total. The Hall–Kier alpha value is -2.62. The Balaban J connectivity index is 1.49. The SMILES string of the molecule is Cc1ccccc1C(=O)NCCC(=O)N[C@H]1CCCc2ccccc21. The van der Waals surface area contributed by atoms with Gasteiger partial charge in [-0.05, 0) is 48.9 Å². The minimum atomic E-state index is -0.131. The second-order valence-electron chi connectivity index (χ2n) is 6.53. The molecule has 1 aliphatic carbocycles. The first-order valence-electron chi connectivity index (χ1n) is 8.86. The third-order valence-corrected chi connectivity index (χ3v) is 4.73. The van der Waals surface area contributed by atoms with Gasteiger partial charge in [0.05, 0.1) is 6.04 Å². The largest absolute Gasteiger partial charge is 0.352 e. The molecule has 2 aromatic rings. The van der Waals surface area contributed by atoms with Gasteiger partial charge in [-0.1, -0.05) is 42.5 Å². The molecule has 3 rings (SSSR count). The number of carbonyl (C=O) groups excluding carboxylic acids is 2. The van der Waals surface area contributed by atoms with Crippen LogP contribution in [0.5, 0.6) is 0 Å². The molecule has 130 valence electrons. The summed E-state index contributed by atoms with van der Waals surface area (Å²) in [7, 11) is 0. The van der Waals surface area contributed by atoms with Crippen molar-refractivity contribution in [1.82, 2.24) is 10.6 Å². The average Bonchev–Trinajstić information content (AvgIpc) is 2.62. The zero-order valence-electron chi connectivity index (χ0n) is 14.5. The fourth-order valence-corrected chi connectivity index (χ4v) is 3.38. The second kappa shape index (κ2) is 7.97. The highest BCUT2D eigenvalue weighted by atomic mass is 16.2. The van der Waals surface area contributed by atoms with Gasteiger partial charge in [0, 0.05) is 18.5 Å². The minimum Gasteiger partial charge on any atom is -0.352 e. The molecular weight excluding hydrogens is 312 g/mol. The number of benzene rings is 2. The van der Waals surface area contributed by atoms with Crippen LogP contribution in [0.1, 0.15) is 52.4 Å². The highest BCUT2D eigenvalue weighted by Crippen LogP contribution is 2.29. The molecule has 1 atom stereocenters. The maximum absolute atomic E-state index is 12.2. The lowest BCUT2D eigenvalue weighted by Crippen LogP contribution is -2.34. The van der Waals surface area contributed by atoms with E-state index in [-0.39, 0.29) is 24.3 Å². The molecule has 4 heteroatoms. The summed E-state index contributed by atoms with van der Waals surface area (Å²) in [4.78, 5) is 24.4. The first-order valence-corrected chi connectivity index (χ1v) is 8.86. The van der Waals surface area contributed by atoms with Gasteiger partial charge in [-0.3, -0.25) is 9.59 Å². The lowest BCUT2D eigenvalue weighted by atomic mass is 9.88. The number of fused-ring (bicyclic) bond motifs is 1. The number of nitrogens with one attached hydrogen (secondary N) is 2. The predicted octanol–water partition coefficient (Wildman–Crippen LogP) is 3.31. The van der Waals surface area contributed by atoms with Gasteiger partial charge in [0.25, 0.3) is 5.91 Å². The van der Waals surface area contributed by atoms with Crippen LogP contribution in [-0.2, 0) is 11.2 Å². The van der Waals surface area contributed by atoms with Gasteiger partial charge in [0.2, 0.25) is 5.91 Å². The van der Waals surface area contributed by atoms with E-state index >= 15 is 0 Å². The van der Waals surface area contributed by atoms with Crippen molar-refractivity contribution in [1.29, 1.82) is 0 Å². The van der Waals surface area contributed by atoms with Gasteiger partial charge in [-0.15, -0.1) is 0 Å². The van der Waals surface area contributed by atoms with E-state index in [0.29, 0.717) is 12.1 Å². The topological polar surface area (TPSA) is 58.2 Å². The monoisotopic (exact) mass is 336 g/mol. The molecule has 2 N–H and O–H groups in total. The zero-order chi connectivity index (χ0) is 17.6. The van der Waals surface area contributed by atoms with Crippen molar-refractivity contribution in [2.24, 2.45) is 0 Å². The molecule has 0 unspecified atom stereocenters. The molecular formula is C21H24N2O2. The van der Waals surface area contributed by atoms with Crippen molar-refractivity contribution in [3.05, 3.63) is 70.8 Å². The van der Waals surface area contributed by atoms with E-state index in [1.54, 1.807) is 6.07 Å². The minimum absolute atomic E-state index is 0.0215. The van der Waals surface area contributed by atoms with E-state index in [1.165, 1.54) is 11.1 Å². The van der Waals surface area contributed by atoms with Crippen LogP contribution >= 0.6 is 0 Å². The van der Waals surface area contributed by atoms with Crippen molar-refractivity contribution in [3.63, 3.8) is 0 Å². The number of amides is 2. The highest BCUT2D eigenvalue weighted by molar-refractivity contribution is 5.95. The molecule has 0 saturated carbocycles. The third kappa shape index (κ3) is 4.27. The Morgan fingerprint density at radius 1 is 1.08 bits per heavy atom. The van der Waals surface area contributed by atoms with Crippen molar-refractivity contribution in [2.75, 3.05) is 6.54 Å². The summed E-state index contributed by atoms with van der Waals surface area (Å²) in [6.07, 6.45) is 3.43. The molecule has 0 aliphatic heterocycles. The van der Waals surface area contributed by atoms with Crippen LogP contribution in [0.3, 0.4) is 0 Å². The molecule has 1 aliphatic rings. The number of hydrogen-bond donors (Lipinski definition) is 2. The molecule has 2 aromatic carbocycles. The van der Waals surface area contributed by atoms with E-state index in [2.05, 4.69) is 22.8 Å². The number of carbonyl (C=O) groups is 2. The third-order valence-electron chi connectivity index (χ3n) is 4.73. The molecule has 2 amide bonds. The Morgan fingerprint density at radius 2 is 1.84 bits per heavy atom. The number of rotatable bonds is 5. The fourth-order valence-electron chi connectivity index (χ4n) is 3.38. The van der Waals surface area contributed by atoms with Crippen LogP contribution in [0, 0.1) is 6.92 Å². The second-order valence-corrected chi connectivity index (χ2v) is 6.53. The molecule has 0 saturated heterocycles. The lowest BCUT2D eigenvalue weighted by molar-refractivity contribution is -0.121. The number of hydrogen-bond acceptors (Lipinski definition) is 2. The Kier molecular flexibility index (Phi) is 5.49. The smallest absolute Gasteiger partial charge is 0.251 e. The van der Waals surface area contributed by atoms with Gasteiger partial charge in [0.15, 0.2) is 0 Å². The Morgan fingerprint density at radius 3 is 2.68 bits per heavy atom. The summed E-state index contributed by atoms with van der Waals surface area (Å²) in [6.45, 7) is 2.25. The molecule has 0 bridgehead atoms. The maximum atomic E-state index is 12.2. The molecule has 0 spiro atoms. The van der Waals surface area contributed by atoms with Crippen LogP contribution in [0.25, 0.3) is 0 Å². The molecule has 25 heavy (non-hydrogen) atoms. The van der Waals surface area contributed by atoms with Gasteiger partial charge >= 0.3 is 0 Å². The summed E-state index contributed by atoms with van der Waals surface area (Å²) < 4.78 is 0. The molecule has 0 aromatic heterocycles. The zero-order valence-corrected chi connectivity index (χ0v) is 14.5. The van der Waals surface area contributed by atoms with E-state index in [4.69, 9.17) is 0 Å². The van der Waals surface area contributed by atoms with E-state index in [9.17, 15) is 9.59 Å². The van der Waals surface area contributed by atoms with Crippen molar-refractivity contribution in [3.8, 4) is 0 Å². The van der Waals surface area contributed by atoms with Crippen LogP contribution < -0.4 is 10.6 Å². The van der Waals surface area contributed by atoms with Gasteiger partial charge in [-0.25, -0.2) is 0 Å². The first kappa shape index (κ1) is 17.2. The summed E-state index contributed by atoms with van der Waals surface area (Å²) in [6, 6.07) is 15.8. The maximum Gasteiger partial charge on any atom is 0.251 e. The predicted molar refractivity (Wildman–Crippen MR) is 98.4 cm³/mol. The number of aryl methyl sites for hydroxylation is 2. The summed E-state index contributed by atoms with van der Waals surface area (Å²) in [5, 5.41) is 5.94. The summed E-state index contributed by atoms with van der Waals surface area (Å²) >= 11 is 0. The van der Waals surface area contributed by atoms with Gasteiger partial charge < -0.3 is 10.6 Å². The van der Waals surface area contributed by atoms with E-state index in [1.807, 2.05) is 37.3 Å². The van der Waals surface area contributed by atoms with Crippen LogP contribution in [0.15, 0.2) is 48.5 Å². The average molecular weight is 336 g/mol. The van der Waals surface area contributed by atoms with Crippen LogP contribution in [-0.4, -0.2) is 18.4 Å². The normalized spacial score (nSPS) is 16.0. The van der Waals surface area contributed by atoms with Crippen LogP contribution in [0.2, 0.25) is 0 Å². The fraction of sp³-hybridized carbons (Fsp3) is 0.333. The molecule has 0 radical (unpaired) electrons. The lowest BCUT2D eigenvalue weighted by Gasteiger charge is -2.26. The van der Waals surface area contributed by atoms with Crippen molar-refractivity contribution >= 4 is 11.8 Å². The Labute approximate surface area is 148 Å². The van der Waals surface area contributed by atoms with Crippen LogP contribution in [0.4, 0.5) is 0 Å². The summed E-state index contributed by atoms with van der Waals surface area (Å²) in [5.41, 5.74) is 4.14. The summed E-state index contributed by atoms with van der Waals surface area (Å²) in [5.74, 6) is -0.152. The van der Waals surface area contributed by atoms with Crippen molar-refractivity contribution in [2.45, 2.75) is 38.6 Å². The molecule has 0 fully saturated rings. The van der Waals surface area contributed by atoms with Gasteiger partial charge in [-0.2, -0.15) is 0 Å².